The highest BCUT2D eigenvalue weighted by Crippen LogP contribution is 1.97. The molecule has 0 aromatic carbocycles. The number of rotatable bonds is 7. The first-order valence-corrected chi connectivity index (χ1v) is 6.61. The maximum absolute atomic E-state index is 11.4. The van der Waals surface area contributed by atoms with E-state index in [4.69, 9.17) is 11.1 Å². The van der Waals surface area contributed by atoms with Crippen LogP contribution in [0.2, 0.25) is 0 Å². The van der Waals surface area contributed by atoms with Crippen LogP contribution in [0.4, 0.5) is 4.79 Å². The second-order valence-electron chi connectivity index (χ2n) is 3.24. The van der Waals surface area contributed by atoms with Gasteiger partial charge in [0, 0.05) is 0 Å². The lowest BCUT2D eigenvalue weighted by Gasteiger charge is -2.16. The lowest BCUT2D eigenvalue weighted by atomic mass is 10.2. The van der Waals surface area contributed by atoms with E-state index in [1.165, 1.54) is 0 Å². The van der Waals surface area contributed by atoms with Crippen molar-refractivity contribution in [2.45, 2.75) is 32.7 Å². The minimum absolute atomic E-state index is 0.0620. The molecule has 0 aliphatic heterocycles. The van der Waals surface area contributed by atoms with E-state index in [2.05, 4.69) is 9.46 Å². The van der Waals surface area contributed by atoms with Crippen molar-refractivity contribution in [3.8, 4) is 0 Å². The van der Waals surface area contributed by atoms with Gasteiger partial charge in [0.25, 0.3) is 0 Å². The monoisotopic (exact) mass is 266 g/mol. The molecule has 1 atom stereocenters. The molecule has 0 fully saturated rings. The van der Waals surface area contributed by atoms with Gasteiger partial charge in [0.2, 0.25) is 0 Å². The molecule has 0 aliphatic carbocycles. The second kappa shape index (κ2) is 7.07. The van der Waals surface area contributed by atoms with Gasteiger partial charge in [0.1, 0.15) is 5.84 Å². The van der Waals surface area contributed by atoms with E-state index in [-0.39, 0.29) is 12.4 Å². The van der Waals surface area contributed by atoms with Gasteiger partial charge in [-0.1, -0.05) is 13.3 Å². The molecule has 0 radical (unpaired) electrons. The predicted octanol–water partition coefficient (Wildman–Crippen LogP) is -0.328. The van der Waals surface area contributed by atoms with Gasteiger partial charge >= 0.3 is 16.3 Å². The quantitative estimate of drug-likeness (QED) is 0.370. The summed E-state index contributed by atoms with van der Waals surface area (Å²) in [5.41, 5.74) is 5.23. The van der Waals surface area contributed by atoms with Crippen LogP contribution in [0.3, 0.4) is 0 Å². The third-order valence-electron chi connectivity index (χ3n) is 1.74. The molecule has 0 aromatic rings. The maximum Gasteiger partial charge on any atom is 0.421 e. The predicted molar refractivity (Wildman–Crippen MR) is 62.8 cm³/mol. The molecule has 8 nitrogen and oxygen atoms in total. The first-order valence-electron chi connectivity index (χ1n) is 5.13. The highest BCUT2D eigenvalue weighted by atomic mass is 32.2. The van der Waals surface area contributed by atoms with E-state index >= 15 is 0 Å². The summed E-state index contributed by atoms with van der Waals surface area (Å²) in [5, 5.41) is 7.21. The fourth-order valence-electron chi connectivity index (χ4n) is 1.05. The molecule has 0 spiro atoms. The number of nitrogens with two attached hydrogens (primary N) is 1. The van der Waals surface area contributed by atoms with Crippen molar-refractivity contribution in [1.82, 2.24) is 9.44 Å². The van der Waals surface area contributed by atoms with E-state index < -0.39 is 22.3 Å². The Bertz CT molecular complexity index is 368. The standard InChI is InChI=1S/C8H18N4O4S/c1-3-5-6(7(9)10)11-17(14,15)12-8(13)16-4-2/h6,11H,3-5H2,1-2H3,(H3,9,10)(H,12,13). The second-order valence-corrected chi connectivity index (χ2v) is 4.69. The zero-order valence-corrected chi connectivity index (χ0v) is 10.6. The van der Waals surface area contributed by atoms with Gasteiger partial charge in [-0.15, -0.1) is 0 Å². The molecule has 0 heterocycles. The number of carbonyl (C=O) groups excluding carboxylic acids is 1. The third-order valence-corrected chi connectivity index (χ3v) is 2.77. The topological polar surface area (TPSA) is 134 Å². The van der Waals surface area contributed by atoms with Gasteiger partial charge in [-0.05, 0) is 13.3 Å². The Morgan fingerprint density at radius 1 is 1.47 bits per heavy atom. The first-order chi connectivity index (χ1) is 7.82. The summed E-state index contributed by atoms with van der Waals surface area (Å²) in [7, 11) is -4.06. The van der Waals surface area contributed by atoms with Crippen molar-refractivity contribution in [3.05, 3.63) is 0 Å². The van der Waals surface area contributed by atoms with Crippen LogP contribution in [0.15, 0.2) is 0 Å². The van der Waals surface area contributed by atoms with Gasteiger partial charge in [0.05, 0.1) is 12.6 Å². The summed E-state index contributed by atoms with van der Waals surface area (Å²) in [6.07, 6.45) is -0.0515. The van der Waals surface area contributed by atoms with Gasteiger partial charge in [-0.25, -0.2) is 9.52 Å². The van der Waals surface area contributed by atoms with Gasteiger partial charge in [0.15, 0.2) is 0 Å². The minimum Gasteiger partial charge on any atom is -0.449 e. The lowest BCUT2D eigenvalue weighted by Crippen LogP contribution is -2.49. The summed E-state index contributed by atoms with van der Waals surface area (Å²) < 4.78 is 31.0. The molecule has 1 amide bonds. The van der Waals surface area contributed by atoms with Crippen LogP contribution in [0.25, 0.3) is 0 Å². The molecule has 100 valence electrons. The Morgan fingerprint density at radius 3 is 2.47 bits per heavy atom. The number of ether oxygens (including phenoxy) is 1. The zero-order valence-electron chi connectivity index (χ0n) is 9.82. The van der Waals surface area contributed by atoms with Gasteiger partial charge in [-0.2, -0.15) is 13.1 Å². The van der Waals surface area contributed by atoms with Crippen LogP contribution in [-0.4, -0.2) is 33.0 Å². The van der Waals surface area contributed by atoms with Gasteiger partial charge < -0.3 is 10.5 Å². The number of hydrogen-bond acceptors (Lipinski definition) is 5. The Labute approximate surface area is 101 Å². The van der Waals surface area contributed by atoms with E-state index in [0.717, 1.165) is 0 Å². The van der Waals surface area contributed by atoms with Crippen molar-refractivity contribution in [1.29, 1.82) is 5.41 Å². The minimum atomic E-state index is -4.06. The molecular weight excluding hydrogens is 248 g/mol. The summed E-state index contributed by atoms with van der Waals surface area (Å²) >= 11 is 0. The molecule has 0 saturated carbocycles. The smallest absolute Gasteiger partial charge is 0.421 e. The Balaban J connectivity index is 4.50. The molecule has 0 aromatic heterocycles. The average Bonchev–Trinajstić information content (AvgIpc) is 2.15. The molecule has 5 N–H and O–H groups in total. The molecule has 0 bridgehead atoms. The highest BCUT2D eigenvalue weighted by molar-refractivity contribution is 7.88. The van der Waals surface area contributed by atoms with Crippen LogP contribution in [0, 0.1) is 5.41 Å². The van der Waals surface area contributed by atoms with E-state index in [9.17, 15) is 13.2 Å². The molecule has 17 heavy (non-hydrogen) atoms. The summed E-state index contributed by atoms with van der Waals surface area (Å²) in [6.45, 7) is 3.44. The van der Waals surface area contributed by atoms with Crippen molar-refractivity contribution in [3.63, 3.8) is 0 Å². The van der Waals surface area contributed by atoms with Crippen molar-refractivity contribution < 1.29 is 17.9 Å². The van der Waals surface area contributed by atoms with Crippen molar-refractivity contribution >= 4 is 22.1 Å². The maximum atomic E-state index is 11.4. The van der Waals surface area contributed by atoms with E-state index in [1.807, 2.05) is 6.92 Å². The average molecular weight is 266 g/mol. The third kappa shape index (κ3) is 6.74. The lowest BCUT2D eigenvalue weighted by molar-refractivity contribution is 0.158. The molecule has 0 saturated heterocycles. The van der Waals surface area contributed by atoms with Crippen LogP contribution >= 0.6 is 0 Å². The number of nitrogens with one attached hydrogen (secondary N) is 3. The molecule has 0 aliphatic rings. The fourth-order valence-corrected chi connectivity index (χ4v) is 2.01. The highest BCUT2D eigenvalue weighted by Gasteiger charge is 2.21. The summed E-state index contributed by atoms with van der Waals surface area (Å²) in [6, 6.07) is -0.827. The van der Waals surface area contributed by atoms with Crippen LogP contribution in [0.5, 0.6) is 0 Å². The normalized spacial score (nSPS) is 12.8. The molecule has 0 rings (SSSR count). The first kappa shape index (κ1) is 15.7. The van der Waals surface area contributed by atoms with Crippen LogP contribution in [-0.2, 0) is 14.9 Å². The Kier molecular flexibility index (Phi) is 6.51. The van der Waals surface area contributed by atoms with Crippen LogP contribution in [0.1, 0.15) is 26.7 Å². The summed E-state index contributed by atoms with van der Waals surface area (Å²) in [4.78, 5) is 10.9. The van der Waals surface area contributed by atoms with E-state index in [0.29, 0.717) is 12.8 Å². The zero-order chi connectivity index (χ0) is 13.5. The number of amides is 1. The Hall–Kier alpha value is -1.35. The Morgan fingerprint density at radius 2 is 2.06 bits per heavy atom. The fraction of sp³-hybridized carbons (Fsp3) is 0.750. The van der Waals surface area contributed by atoms with Gasteiger partial charge in [-0.3, -0.25) is 5.41 Å². The SMILES string of the molecule is CCCC(NS(=O)(=O)NC(=O)OCC)C(=N)N. The largest absolute Gasteiger partial charge is 0.449 e. The molecular formula is C8H18N4O4S. The molecule has 1 unspecified atom stereocenters. The van der Waals surface area contributed by atoms with Crippen molar-refractivity contribution in [2.75, 3.05) is 6.61 Å². The number of carbonyl (C=O) groups is 1. The number of amidine groups is 1. The van der Waals surface area contributed by atoms with E-state index in [1.54, 1.807) is 11.6 Å². The molecule has 9 heteroatoms. The van der Waals surface area contributed by atoms with Crippen LogP contribution < -0.4 is 15.2 Å². The number of hydrogen-bond donors (Lipinski definition) is 4. The van der Waals surface area contributed by atoms with Crippen molar-refractivity contribution in [2.24, 2.45) is 5.73 Å². The summed E-state index contributed by atoms with van der Waals surface area (Å²) in [5.74, 6) is -0.305.